The summed E-state index contributed by atoms with van der Waals surface area (Å²) in [5.74, 6) is -0.961. The predicted molar refractivity (Wildman–Crippen MR) is 74.4 cm³/mol. The Morgan fingerprint density at radius 2 is 1.95 bits per heavy atom. The van der Waals surface area contributed by atoms with Crippen LogP contribution in [0.2, 0.25) is 0 Å². The van der Waals surface area contributed by atoms with Gasteiger partial charge in [0.2, 0.25) is 0 Å². The van der Waals surface area contributed by atoms with Crippen molar-refractivity contribution in [1.29, 1.82) is 0 Å². The number of nitrogens with one attached hydrogen (secondary N) is 1. The summed E-state index contributed by atoms with van der Waals surface area (Å²) in [5, 5.41) is 20.9. The number of aliphatic hydroxyl groups excluding tert-OH is 1. The number of carbonyl (C=O) groups is 2. The molecule has 2 amide bonds. The zero-order chi connectivity index (χ0) is 15.0. The quantitative estimate of drug-likeness (QED) is 0.686. The Kier molecular flexibility index (Phi) is 6.52. The number of carboxylic acids is 1. The van der Waals surface area contributed by atoms with Gasteiger partial charge in [-0.15, -0.1) is 0 Å². The second kappa shape index (κ2) is 8.16. The molecule has 1 unspecified atom stereocenters. The van der Waals surface area contributed by atoms with E-state index in [0.717, 1.165) is 5.56 Å². The Morgan fingerprint density at radius 1 is 1.30 bits per heavy atom. The molecule has 0 heterocycles. The number of benzene rings is 1. The highest BCUT2D eigenvalue weighted by Gasteiger charge is 2.14. The van der Waals surface area contributed by atoms with Gasteiger partial charge in [-0.3, -0.25) is 4.79 Å². The molecule has 20 heavy (non-hydrogen) atoms. The lowest BCUT2D eigenvalue weighted by atomic mass is 10.1. The molecule has 0 spiro atoms. The van der Waals surface area contributed by atoms with Crippen molar-refractivity contribution in [3.8, 4) is 0 Å². The molecular formula is C14H20N2O4. The highest BCUT2D eigenvalue weighted by atomic mass is 16.4. The molecule has 0 aliphatic rings. The highest BCUT2D eigenvalue weighted by molar-refractivity contribution is 5.75. The van der Waals surface area contributed by atoms with Gasteiger partial charge in [0.25, 0.3) is 0 Å². The summed E-state index contributed by atoms with van der Waals surface area (Å²) in [6, 6.07) is 9.12. The van der Waals surface area contributed by atoms with Crippen molar-refractivity contribution in [2.24, 2.45) is 0 Å². The molecule has 1 aromatic rings. The fourth-order valence-electron chi connectivity index (χ4n) is 1.76. The van der Waals surface area contributed by atoms with Crippen LogP contribution in [-0.4, -0.2) is 53.4 Å². The molecule has 0 fully saturated rings. The third-order valence-electron chi connectivity index (χ3n) is 2.76. The number of carboxylic acid groups (broad SMARTS) is 1. The van der Waals surface area contributed by atoms with Gasteiger partial charge in [0.05, 0.1) is 12.5 Å². The molecule has 0 saturated carbocycles. The number of carbonyl (C=O) groups excluding carboxylic acids is 1. The van der Waals surface area contributed by atoms with Crippen LogP contribution in [0.3, 0.4) is 0 Å². The van der Waals surface area contributed by atoms with Gasteiger partial charge < -0.3 is 20.4 Å². The van der Waals surface area contributed by atoms with E-state index >= 15 is 0 Å². The number of aliphatic hydroxyl groups is 1. The Hall–Kier alpha value is -2.08. The third-order valence-corrected chi connectivity index (χ3v) is 2.76. The van der Waals surface area contributed by atoms with Crippen LogP contribution >= 0.6 is 0 Å². The lowest BCUT2D eigenvalue weighted by Gasteiger charge is -2.21. The fraction of sp³-hybridized carbons (Fsp3) is 0.429. The van der Waals surface area contributed by atoms with Crippen molar-refractivity contribution in [2.75, 3.05) is 20.1 Å². The SMILES string of the molecule is CN(CC(O)Cc1ccccc1)C(=O)NCCC(=O)O. The van der Waals surface area contributed by atoms with Gasteiger partial charge in [0, 0.05) is 26.6 Å². The highest BCUT2D eigenvalue weighted by Crippen LogP contribution is 2.04. The van der Waals surface area contributed by atoms with Crippen molar-refractivity contribution in [3.05, 3.63) is 35.9 Å². The molecule has 6 nitrogen and oxygen atoms in total. The van der Waals surface area contributed by atoms with Crippen LogP contribution in [-0.2, 0) is 11.2 Å². The van der Waals surface area contributed by atoms with Gasteiger partial charge in [0.15, 0.2) is 0 Å². The topological polar surface area (TPSA) is 89.9 Å². The maximum Gasteiger partial charge on any atom is 0.317 e. The second-order valence-corrected chi connectivity index (χ2v) is 4.60. The van der Waals surface area contributed by atoms with Crippen molar-refractivity contribution in [1.82, 2.24) is 10.2 Å². The molecule has 1 atom stereocenters. The smallest absolute Gasteiger partial charge is 0.317 e. The fourth-order valence-corrected chi connectivity index (χ4v) is 1.76. The van der Waals surface area contributed by atoms with E-state index in [1.165, 1.54) is 4.90 Å². The summed E-state index contributed by atoms with van der Waals surface area (Å²) >= 11 is 0. The average molecular weight is 280 g/mol. The Labute approximate surface area is 118 Å². The minimum absolute atomic E-state index is 0.0767. The normalized spacial score (nSPS) is 11.7. The number of amides is 2. The molecule has 0 saturated heterocycles. The number of rotatable bonds is 7. The van der Waals surface area contributed by atoms with Crippen LogP contribution in [0.1, 0.15) is 12.0 Å². The molecule has 3 N–H and O–H groups in total. The molecule has 0 radical (unpaired) electrons. The number of urea groups is 1. The van der Waals surface area contributed by atoms with E-state index in [1.807, 2.05) is 30.3 Å². The van der Waals surface area contributed by atoms with Crippen LogP contribution in [0.4, 0.5) is 4.79 Å². The zero-order valence-electron chi connectivity index (χ0n) is 11.5. The molecule has 0 aliphatic heterocycles. The van der Waals surface area contributed by atoms with Gasteiger partial charge in [-0.2, -0.15) is 0 Å². The molecule has 110 valence electrons. The van der Waals surface area contributed by atoms with Crippen LogP contribution in [0, 0.1) is 0 Å². The molecule has 1 aromatic carbocycles. The molecule has 0 bridgehead atoms. The first kappa shape index (κ1) is 16.0. The van der Waals surface area contributed by atoms with Crippen LogP contribution in [0.25, 0.3) is 0 Å². The number of hydrogen-bond acceptors (Lipinski definition) is 3. The predicted octanol–water partition coefficient (Wildman–Crippen LogP) is 0.706. The van der Waals surface area contributed by atoms with Gasteiger partial charge >= 0.3 is 12.0 Å². The zero-order valence-corrected chi connectivity index (χ0v) is 11.5. The van der Waals surface area contributed by atoms with Gasteiger partial charge in [-0.1, -0.05) is 30.3 Å². The molecule has 0 aromatic heterocycles. The molecular weight excluding hydrogens is 260 g/mol. The Bertz CT molecular complexity index is 436. The minimum atomic E-state index is -0.961. The van der Waals surface area contributed by atoms with E-state index in [4.69, 9.17) is 5.11 Å². The van der Waals surface area contributed by atoms with Gasteiger partial charge in [0.1, 0.15) is 0 Å². The average Bonchev–Trinajstić information content (AvgIpc) is 2.39. The van der Waals surface area contributed by atoms with E-state index in [1.54, 1.807) is 7.05 Å². The Morgan fingerprint density at radius 3 is 2.55 bits per heavy atom. The van der Waals surface area contributed by atoms with Crippen molar-refractivity contribution in [2.45, 2.75) is 18.9 Å². The van der Waals surface area contributed by atoms with Gasteiger partial charge in [-0.25, -0.2) is 4.79 Å². The molecule has 0 aliphatic carbocycles. The van der Waals surface area contributed by atoms with Crippen molar-refractivity contribution in [3.63, 3.8) is 0 Å². The van der Waals surface area contributed by atoms with E-state index in [-0.39, 0.29) is 19.5 Å². The van der Waals surface area contributed by atoms with Gasteiger partial charge in [-0.05, 0) is 5.56 Å². The lowest BCUT2D eigenvalue weighted by molar-refractivity contribution is -0.136. The summed E-state index contributed by atoms with van der Waals surface area (Å²) in [6.07, 6.45) is -0.313. The summed E-state index contributed by atoms with van der Waals surface area (Å²) in [6.45, 7) is 0.265. The minimum Gasteiger partial charge on any atom is -0.481 e. The number of aliphatic carboxylic acids is 1. The lowest BCUT2D eigenvalue weighted by Crippen LogP contribution is -2.42. The molecule has 6 heteroatoms. The van der Waals surface area contributed by atoms with E-state index in [9.17, 15) is 14.7 Å². The first-order chi connectivity index (χ1) is 9.49. The number of likely N-dealkylation sites (N-methyl/N-ethyl adjacent to an activating group) is 1. The van der Waals surface area contributed by atoms with E-state index in [2.05, 4.69) is 5.32 Å². The van der Waals surface area contributed by atoms with Crippen LogP contribution in [0.5, 0.6) is 0 Å². The molecule has 1 rings (SSSR count). The van der Waals surface area contributed by atoms with E-state index < -0.39 is 18.1 Å². The standard InChI is InChI=1S/C14H20N2O4/c1-16(14(20)15-8-7-13(18)19)10-12(17)9-11-5-3-2-4-6-11/h2-6,12,17H,7-10H2,1H3,(H,15,20)(H,18,19). The summed E-state index contributed by atoms with van der Waals surface area (Å²) in [7, 11) is 1.56. The monoisotopic (exact) mass is 280 g/mol. The van der Waals surface area contributed by atoms with Crippen LogP contribution in [0.15, 0.2) is 30.3 Å². The number of nitrogens with zero attached hydrogens (tertiary/aromatic N) is 1. The maximum absolute atomic E-state index is 11.6. The Balaban J connectivity index is 2.31. The third kappa shape index (κ3) is 6.19. The van der Waals surface area contributed by atoms with E-state index in [0.29, 0.717) is 6.42 Å². The number of hydrogen-bond donors (Lipinski definition) is 3. The largest absolute Gasteiger partial charge is 0.481 e. The van der Waals surface area contributed by atoms with Crippen molar-refractivity contribution < 1.29 is 19.8 Å². The van der Waals surface area contributed by atoms with Crippen LogP contribution < -0.4 is 5.32 Å². The first-order valence-electron chi connectivity index (χ1n) is 6.41. The summed E-state index contributed by atoms with van der Waals surface area (Å²) in [5.41, 5.74) is 1.000. The second-order valence-electron chi connectivity index (χ2n) is 4.60. The summed E-state index contributed by atoms with van der Waals surface area (Å²) in [4.78, 5) is 23.3. The maximum atomic E-state index is 11.6. The first-order valence-corrected chi connectivity index (χ1v) is 6.41. The van der Waals surface area contributed by atoms with Crippen molar-refractivity contribution >= 4 is 12.0 Å². The summed E-state index contributed by atoms with van der Waals surface area (Å²) < 4.78 is 0.